The summed E-state index contributed by atoms with van der Waals surface area (Å²) in [5, 5.41) is 3.00. The highest BCUT2D eigenvalue weighted by atomic mass is 35.5. The molecule has 0 radical (unpaired) electrons. The molecule has 0 aliphatic carbocycles. The first-order valence-corrected chi connectivity index (χ1v) is 9.32. The third-order valence-corrected chi connectivity index (χ3v) is 4.78. The number of ether oxygens (including phenoxy) is 2. The molecule has 0 bridgehead atoms. The molecule has 0 unspecified atom stereocenters. The van der Waals surface area contributed by atoms with E-state index in [1.165, 1.54) is 22.6 Å². The van der Waals surface area contributed by atoms with E-state index in [2.05, 4.69) is 11.4 Å². The summed E-state index contributed by atoms with van der Waals surface area (Å²) in [6, 6.07) is 11.9. The standard InChI is InChI=1S/C20H22ClFN2O3/c21-18-11-17(22)5-6-19(18)27-14-20(25)23-12-15-3-1-2-4-16(15)13-24-7-9-26-10-8-24/h1-6,11H,7-10,12-14H2,(H,23,25)/p+1. The van der Waals surface area contributed by atoms with Crippen molar-refractivity contribution in [2.24, 2.45) is 0 Å². The maximum Gasteiger partial charge on any atom is 0.258 e. The van der Waals surface area contributed by atoms with Crippen molar-refractivity contribution in [1.82, 2.24) is 5.32 Å². The summed E-state index contributed by atoms with van der Waals surface area (Å²) < 4.78 is 23.8. The lowest BCUT2D eigenvalue weighted by Gasteiger charge is -2.24. The first-order valence-electron chi connectivity index (χ1n) is 8.94. The molecule has 0 saturated carbocycles. The minimum atomic E-state index is -0.448. The molecule has 7 heteroatoms. The lowest BCUT2D eigenvalue weighted by molar-refractivity contribution is -0.921. The lowest BCUT2D eigenvalue weighted by atomic mass is 10.1. The quantitative estimate of drug-likeness (QED) is 0.751. The predicted octanol–water partition coefficient (Wildman–Crippen LogP) is 1.59. The number of quaternary nitrogens is 1. The summed E-state index contributed by atoms with van der Waals surface area (Å²) in [7, 11) is 0. The second kappa shape index (κ2) is 9.69. The van der Waals surface area contributed by atoms with Gasteiger partial charge in [-0.1, -0.05) is 35.9 Å². The van der Waals surface area contributed by atoms with Crippen LogP contribution in [0.3, 0.4) is 0 Å². The molecule has 2 aromatic carbocycles. The zero-order valence-corrected chi connectivity index (χ0v) is 15.7. The molecule has 3 rings (SSSR count). The van der Waals surface area contributed by atoms with Gasteiger partial charge in [0.25, 0.3) is 5.91 Å². The van der Waals surface area contributed by atoms with Gasteiger partial charge in [0.15, 0.2) is 6.61 Å². The number of morpholine rings is 1. The molecule has 1 saturated heterocycles. The monoisotopic (exact) mass is 393 g/mol. The first-order chi connectivity index (χ1) is 13.1. The Morgan fingerprint density at radius 3 is 2.67 bits per heavy atom. The molecule has 5 nitrogen and oxygen atoms in total. The predicted molar refractivity (Wildman–Crippen MR) is 100 cm³/mol. The van der Waals surface area contributed by atoms with Gasteiger partial charge in [0.05, 0.1) is 18.2 Å². The van der Waals surface area contributed by atoms with Crippen molar-refractivity contribution in [2.45, 2.75) is 13.1 Å². The Morgan fingerprint density at radius 1 is 1.19 bits per heavy atom. The summed E-state index contributed by atoms with van der Waals surface area (Å²) in [6.45, 7) is 4.73. The fraction of sp³-hybridized carbons (Fsp3) is 0.350. The molecule has 1 heterocycles. The van der Waals surface area contributed by atoms with Crippen LogP contribution in [0, 0.1) is 5.82 Å². The summed E-state index contributed by atoms with van der Waals surface area (Å²) in [5.74, 6) is -0.427. The Bertz CT molecular complexity index is 782. The Kier molecular flexibility index (Phi) is 7.04. The summed E-state index contributed by atoms with van der Waals surface area (Å²) in [5.41, 5.74) is 2.31. The van der Waals surface area contributed by atoms with E-state index in [0.29, 0.717) is 6.54 Å². The first kappa shape index (κ1) is 19.6. The number of nitrogens with one attached hydrogen (secondary N) is 2. The fourth-order valence-corrected chi connectivity index (χ4v) is 3.21. The Labute approximate surface area is 163 Å². The maximum atomic E-state index is 13.0. The van der Waals surface area contributed by atoms with Crippen LogP contribution in [0.25, 0.3) is 0 Å². The highest BCUT2D eigenvalue weighted by Crippen LogP contribution is 2.24. The Hall–Kier alpha value is -2.15. The van der Waals surface area contributed by atoms with Gasteiger partial charge in [-0.3, -0.25) is 4.79 Å². The van der Waals surface area contributed by atoms with E-state index in [4.69, 9.17) is 21.1 Å². The maximum absolute atomic E-state index is 13.0. The topological polar surface area (TPSA) is 52.0 Å². The van der Waals surface area contributed by atoms with Crippen LogP contribution >= 0.6 is 11.6 Å². The number of hydrogen-bond acceptors (Lipinski definition) is 3. The lowest BCUT2D eigenvalue weighted by Crippen LogP contribution is -3.12. The van der Waals surface area contributed by atoms with Crippen molar-refractivity contribution in [3.63, 3.8) is 0 Å². The third-order valence-electron chi connectivity index (χ3n) is 4.49. The van der Waals surface area contributed by atoms with Crippen molar-refractivity contribution >= 4 is 17.5 Å². The van der Waals surface area contributed by atoms with Gasteiger partial charge < -0.3 is 19.7 Å². The minimum absolute atomic E-state index is 0.140. The van der Waals surface area contributed by atoms with Gasteiger partial charge in [-0.15, -0.1) is 0 Å². The highest BCUT2D eigenvalue weighted by Gasteiger charge is 2.16. The summed E-state index contributed by atoms with van der Waals surface area (Å²) in [6.07, 6.45) is 0. The molecule has 1 aliphatic heterocycles. The van der Waals surface area contributed by atoms with Crippen LogP contribution in [-0.2, 0) is 22.6 Å². The molecule has 2 aromatic rings. The van der Waals surface area contributed by atoms with Gasteiger partial charge in [0.2, 0.25) is 0 Å². The number of benzene rings is 2. The zero-order chi connectivity index (χ0) is 19.1. The van der Waals surface area contributed by atoms with Crippen LogP contribution in [-0.4, -0.2) is 38.8 Å². The van der Waals surface area contributed by atoms with Gasteiger partial charge in [-0.2, -0.15) is 0 Å². The minimum Gasteiger partial charge on any atom is -0.482 e. The van der Waals surface area contributed by atoms with Gasteiger partial charge in [0.1, 0.15) is 31.2 Å². The molecule has 0 atom stereocenters. The van der Waals surface area contributed by atoms with E-state index in [1.807, 2.05) is 18.2 Å². The molecule has 27 heavy (non-hydrogen) atoms. The second-order valence-electron chi connectivity index (χ2n) is 6.45. The van der Waals surface area contributed by atoms with Crippen LogP contribution in [0.4, 0.5) is 4.39 Å². The Morgan fingerprint density at radius 2 is 1.93 bits per heavy atom. The van der Waals surface area contributed by atoms with E-state index in [1.54, 1.807) is 0 Å². The average molecular weight is 394 g/mol. The van der Waals surface area contributed by atoms with E-state index >= 15 is 0 Å². The zero-order valence-electron chi connectivity index (χ0n) is 15.0. The molecule has 1 amide bonds. The van der Waals surface area contributed by atoms with Crippen LogP contribution < -0.4 is 15.0 Å². The Balaban J connectivity index is 1.51. The molecular formula is C20H23ClFN2O3+. The van der Waals surface area contributed by atoms with Crippen LogP contribution in [0.1, 0.15) is 11.1 Å². The smallest absolute Gasteiger partial charge is 0.258 e. The number of rotatable bonds is 7. The van der Waals surface area contributed by atoms with Gasteiger partial charge in [0, 0.05) is 12.1 Å². The number of carbonyl (C=O) groups is 1. The average Bonchev–Trinajstić information content (AvgIpc) is 2.67. The van der Waals surface area contributed by atoms with Gasteiger partial charge >= 0.3 is 0 Å². The van der Waals surface area contributed by atoms with E-state index < -0.39 is 5.82 Å². The third kappa shape index (κ3) is 5.92. The second-order valence-corrected chi connectivity index (χ2v) is 6.86. The molecule has 0 spiro atoms. The van der Waals surface area contributed by atoms with E-state index in [0.717, 1.165) is 44.5 Å². The molecule has 144 valence electrons. The van der Waals surface area contributed by atoms with E-state index in [9.17, 15) is 9.18 Å². The van der Waals surface area contributed by atoms with Gasteiger partial charge in [-0.05, 0) is 23.8 Å². The van der Waals surface area contributed by atoms with Crippen molar-refractivity contribution < 1.29 is 23.6 Å². The molecular weight excluding hydrogens is 371 g/mol. The summed E-state index contributed by atoms with van der Waals surface area (Å²) >= 11 is 5.89. The van der Waals surface area contributed by atoms with Crippen molar-refractivity contribution in [3.05, 3.63) is 64.4 Å². The molecule has 1 aliphatic rings. The largest absolute Gasteiger partial charge is 0.482 e. The number of hydrogen-bond donors (Lipinski definition) is 2. The van der Waals surface area contributed by atoms with Crippen molar-refractivity contribution in [1.29, 1.82) is 0 Å². The fourth-order valence-electron chi connectivity index (χ4n) is 2.99. The normalized spacial score (nSPS) is 14.7. The van der Waals surface area contributed by atoms with Crippen LogP contribution in [0.5, 0.6) is 5.75 Å². The number of carbonyl (C=O) groups excluding carboxylic acids is 1. The molecule has 2 N–H and O–H groups in total. The number of amides is 1. The van der Waals surface area contributed by atoms with Crippen molar-refractivity contribution in [2.75, 3.05) is 32.9 Å². The van der Waals surface area contributed by atoms with Crippen molar-refractivity contribution in [3.8, 4) is 5.75 Å². The number of halogens is 2. The highest BCUT2D eigenvalue weighted by molar-refractivity contribution is 6.32. The van der Waals surface area contributed by atoms with E-state index in [-0.39, 0.29) is 23.3 Å². The van der Waals surface area contributed by atoms with Gasteiger partial charge in [-0.25, -0.2) is 4.39 Å². The van der Waals surface area contributed by atoms with Crippen LogP contribution in [0.15, 0.2) is 42.5 Å². The summed E-state index contributed by atoms with van der Waals surface area (Å²) in [4.78, 5) is 13.6. The van der Waals surface area contributed by atoms with Crippen LogP contribution in [0.2, 0.25) is 5.02 Å². The molecule has 1 fully saturated rings. The molecule has 0 aromatic heterocycles. The SMILES string of the molecule is O=C(COc1ccc(F)cc1Cl)NCc1ccccc1C[NH+]1CCOCC1.